The van der Waals surface area contributed by atoms with E-state index in [0.29, 0.717) is 0 Å². The molecule has 1 rings (SSSR count). The van der Waals surface area contributed by atoms with Crippen LogP contribution in [0.3, 0.4) is 0 Å². The van der Waals surface area contributed by atoms with Crippen molar-refractivity contribution in [2.24, 2.45) is 0 Å². The van der Waals surface area contributed by atoms with Gasteiger partial charge < -0.3 is 0 Å². The molecule has 1 aromatic heterocycles. The van der Waals surface area contributed by atoms with Gasteiger partial charge in [0.1, 0.15) is 9.53 Å². The van der Waals surface area contributed by atoms with Crippen molar-refractivity contribution >= 4 is 22.6 Å². The maximum Gasteiger partial charge on any atom is 0.135 e. The summed E-state index contributed by atoms with van der Waals surface area (Å²) in [6.45, 7) is 15.2. The van der Waals surface area contributed by atoms with Gasteiger partial charge in [-0.2, -0.15) is 0 Å². The van der Waals surface area contributed by atoms with Crippen LogP contribution in [0.1, 0.15) is 58.6 Å². The molecule has 0 atom stereocenters. The number of halogens is 1. The van der Waals surface area contributed by atoms with Crippen molar-refractivity contribution in [3.63, 3.8) is 0 Å². The fourth-order valence-corrected chi connectivity index (χ4v) is 2.04. The summed E-state index contributed by atoms with van der Waals surface area (Å²) < 4.78 is 1.07. The molecule has 0 spiro atoms. The molecule has 0 unspecified atom stereocenters. The number of hydrogen-bond acceptors (Lipinski definition) is 2. The highest BCUT2D eigenvalue weighted by Crippen LogP contribution is 2.28. The fraction of sp³-hybridized carbons (Fsp3) is 0.692. The molecule has 0 bridgehead atoms. The van der Waals surface area contributed by atoms with Gasteiger partial charge in [0.15, 0.2) is 0 Å². The number of hydrogen-bond donors (Lipinski definition) is 0. The van der Waals surface area contributed by atoms with Gasteiger partial charge in [0.2, 0.25) is 0 Å². The minimum Gasteiger partial charge on any atom is -0.236 e. The van der Waals surface area contributed by atoms with Crippen molar-refractivity contribution in [3.05, 3.63) is 20.8 Å². The summed E-state index contributed by atoms with van der Waals surface area (Å²) in [6, 6.07) is 0. The number of rotatable bonds is 0. The van der Waals surface area contributed by atoms with Gasteiger partial charge in [0, 0.05) is 16.4 Å². The first-order chi connectivity index (χ1) is 7.03. The third-order valence-electron chi connectivity index (χ3n) is 2.47. The Balaban J connectivity index is 3.46. The van der Waals surface area contributed by atoms with Crippen LogP contribution >= 0.6 is 22.6 Å². The molecule has 0 amide bonds. The number of nitrogens with zero attached hydrogens (tertiary/aromatic N) is 2. The standard InChI is InChI=1S/C13H21IN2/c1-8-9(12(2,3)4)15-11(13(5,6)7)16-10(8)14/h1-7H3. The molecule has 0 fully saturated rings. The van der Waals surface area contributed by atoms with E-state index in [1.54, 1.807) is 0 Å². The van der Waals surface area contributed by atoms with Gasteiger partial charge in [0.25, 0.3) is 0 Å². The molecule has 0 saturated carbocycles. The minimum absolute atomic E-state index is 0.00756. The second kappa shape index (κ2) is 4.24. The first-order valence-electron chi connectivity index (χ1n) is 5.58. The van der Waals surface area contributed by atoms with Gasteiger partial charge in [0.05, 0.1) is 5.69 Å². The Bertz CT molecular complexity index is 398. The highest BCUT2D eigenvalue weighted by Gasteiger charge is 2.25. The van der Waals surface area contributed by atoms with Crippen LogP contribution in [0.5, 0.6) is 0 Å². The quantitative estimate of drug-likeness (QED) is 0.530. The van der Waals surface area contributed by atoms with E-state index in [2.05, 4.69) is 76.0 Å². The molecule has 0 aliphatic carbocycles. The molecule has 0 aromatic carbocycles. The first-order valence-corrected chi connectivity index (χ1v) is 6.66. The van der Waals surface area contributed by atoms with Crippen LogP contribution in [0.25, 0.3) is 0 Å². The molecule has 0 saturated heterocycles. The molecule has 0 aliphatic heterocycles. The smallest absolute Gasteiger partial charge is 0.135 e. The van der Waals surface area contributed by atoms with Gasteiger partial charge in [-0.3, -0.25) is 0 Å². The largest absolute Gasteiger partial charge is 0.236 e. The molecule has 1 heterocycles. The Labute approximate surface area is 112 Å². The van der Waals surface area contributed by atoms with E-state index in [1.165, 1.54) is 5.56 Å². The summed E-state index contributed by atoms with van der Waals surface area (Å²) in [7, 11) is 0. The Morgan fingerprint density at radius 3 is 1.75 bits per heavy atom. The van der Waals surface area contributed by atoms with Crippen LogP contribution < -0.4 is 0 Å². The predicted octanol–water partition coefficient (Wildman–Crippen LogP) is 3.98. The van der Waals surface area contributed by atoms with Gasteiger partial charge in [-0.05, 0) is 29.5 Å². The minimum atomic E-state index is 0.00756. The first kappa shape index (κ1) is 13.9. The zero-order chi connectivity index (χ0) is 12.7. The van der Waals surface area contributed by atoms with Crippen molar-refractivity contribution in [2.45, 2.75) is 59.3 Å². The third kappa shape index (κ3) is 2.93. The SMILES string of the molecule is Cc1c(I)nc(C(C)(C)C)nc1C(C)(C)C. The molecule has 0 N–H and O–H groups in total. The third-order valence-corrected chi connectivity index (χ3v) is 3.52. The topological polar surface area (TPSA) is 25.8 Å². The molecule has 2 nitrogen and oxygen atoms in total. The summed E-state index contributed by atoms with van der Waals surface area (Å²) in [4.78, 5) is 9.35. The molecule has 0 aliphatic rings. The number of aromatic nitrogens is 2. The normalized spacial score (nSPS) is 13.0. The van der Waals surface area contributed by atoms with Crippen LogP contribution in [-0.2, 0) is 10.8 Å². The average molecular weight is 332 g/mol. The van der Waals surface area contributed by atoms with Crippen molar-refractivity contribution in [2.75, 3.05) is 0 Å². The maximum absolute atomic E-state index is 4.76. The highest BCUT2D eigenvalue weighted by molar-refractivity contribution is 14.1. The summed E-state index contributed by atoms with van der Waals surface area (Å²) in [5.74, 6) is 0.937. The van der Waals surface area contributed by atoms with E-state index >= 15 is 0 Å². The Kier molecular flexibility index (Phi) is 3.68. The van der Waals surface area contributed by atoms with Gasteiger partial charge in [-0.25, -0.2) is 9.97 Å². The van der Waals surface area contributed by atoms with E-state index in [9.17, 15) is 0 Å². The van der Waals surface area contributed by atoms with Crippen molar-refractivity contribution in [3.8, 4) is 0 Å². The molecular formula is C13H21IN2. The lowest BCUT2D eigenvalue weighted by Crippen LogP contribution is -2.24. The summed E-state index contributed by atoms with van der Waals surface area (Å²) in [5, 5.41) is 0. The molecule has 90 valence electrons. The van der Waals surface area contributed by atoms with E-state index in [0.717, 1.165) is 15.2 Å². The second-order valence-corrected chi connectivity index (χ2v) is 7.33. The second-order valence-electron chi connectivity index (χ2n) is 6.31. The van der Waals surface area contributed by atoms with Crippen LogP contribution in [0.4, 0.5) is 0 Å². The van der Waals surface area contributed by atoms with Gasteiger partial charge >= 0.3 is 0 Å². The monoisotopic (exact) mass is 332 g/mol. The average Bonchev–Trinajstić information content (AvgIpc) is 2.05. The van der Waals surface area contributed by atoms with E-state index < -0.39 is 0 Å². The maximum atomic E-state index is 4.76. The van der Waals surface area contributed by atoms with Gasteiger partial charge in [-0.1, -0.05) is 41.5 Å². The lowest BCUT2D eigenvalue weighted by molar-refractivity contribution is 0.508. The fourth-order valence-electron chi connectivity index (χ4n) is 1.55. The van der Waals surface area contributed by atoms with E-state index in [-0.39, 0.29) is 10.8 Å². The summed E-state index contributed by atoms with van der Waals surface area (Å²) >= 11 is 2.30. The molecule has 1 aromatic rings. The zero-order valence-electron chi connectivity index (χ0n) is 11.3. The highest BCUT2D eigenvalue weighted by atomic mass is 127. The zero-order valence-corrected chi connectivity index (χ0v) is 13.4. The lowest BCUT2D eigenvalue weighted by atomic mass is 9.88. The van der Waals surface area contributed by atoms with Crippen molar-refractivity contribution < 1.29 is 0 Å². The van der Waals surface area contributed by atoms with Crippen molar-refractivity contribution in [1.82, 2.24) is 9.97 Å². The van der Waals surface area contributed by atoms with E-state index in [4.69, 9.17) is 4.98 Å². The van der Waals surface area contributed by atoms with Crippen LogP contribution in [0, 0.1) is 10.6 Å². The summed E-state index contributed by atoms with van der Waals surface area (Å²) in [6.07, 6.45) is 0. The predicted molar refractivity (Wildman–Crippen MR) is 76.9 cm³/mol. The molecule has 3 heteroatoms. The van der Waals surface area contributed by atoms with Gasteiger partial charge in [-0.15, -0.1) is 0 Å². The lowest BCUT2D eigenvalue weighted by Gasteiger charge is -2.25. The Hall–Kier alpha value is -0.190. The molecular weight excluding hydrogens is 311 g/mol. The van der Waals surface area contributed by atoms with E-state index in [1.807, 2.05) is 0 Å². The molecule has 16 heavy (non-hydrogen) atoms. The summed E-state index contributed by atoms with van der Waals surface area (Å²) in [5.41, 5.74) is 2.46. The Morgan fingerprint density at radius 2 is 1.38 bits per heavy atom. The van der Waals surface area contributed by atoms with Crippen molar-refractivity contribution in [1.29, 1.82) is 0 Å². The van der Waals surface area contributed by atoms with Crippen LogP contribution in [0.2, 0.25) is 0 Å². The molecule has 0 radical (unpaired) electrons. The Morgan fingerprint density at radius 1 is 0.875 bits per heavy atom. The van der Waals surface area contributed by atoms with Crippen LogP contribution in [-0.4, -0.2) is 9.97 Å². The van der Waals surface area contributed by atoms with Crippen LogP contribution in [0.15, 0.2) is 0 Å².